The molecule has 6 heteroatoms. The Bertz CT molecular complexity index is 434. The first-order valence-electron chi connectivity index (χ1n) is 5.92. The van der Waals surface area contributed by atoms with Gasteiger partial charge in [-0.05, 0) is 12.5 Å². The number of aliphatic hydroxyl groups is 1. The number of aliphatic carboxylic acids is 1. The molecule has 104 valence electrons. The lowest BCUT2D eigenvalue weighted by molar-refractivity contribution is -0.142. The van der Waals surface area contributed by atoms with E-state index in [4.69, 9.17) is 10.8 Å². The Morgan fingerprint density at radius 3 is 2.37 bits per heavy atom. The van der Waals surface area contributed by atoms with Crippen molar-refractivity contribution in [1.29, 1.82) is 0 Å². The Morgan fingerprint density at radius 2 is 1.89 bits per heavy atom. The minimum atomic E-state index is -1.14. The van der Waals surface area contributed by atoms with Gasteiger partial charge in [0.25, 0.3) is 0 Å². The highest BCUT2D eigenvalue weighted by Crippen LogP contribution is 2.04. The maximum Gasteiger partial charge on any atom is 0.326 e. The summed E-state index contributed by atoms with van der Waals surface area (Å²) in [6.45, 7) is 1.37. The van der Waals surface area contributed by atoms with E-state index >= 15 is 0 Å². The fourth-order valence-corrected chi connectivity index (χ4v) is 1.54. The zero-order valence-corrected chi connectivity index (χ0v) is 10.6. The summed E-state index contributed by atoms with van der Waals surface area (Å²) in [5, 5.41) is 20.6. The van der Waals surface area contributed by atoms with Crippen LogP contribution in [-0.2, 0) is 16.0 Å². The van der Waals surface area contributed by atoms with Crippen LogP contribution in [0.25, 0.3) is 0 Å². The average Bonchev–Trinajstić information content (AvgIpc) is 2.37. The lowest BCUT2D eigenvalue weighted by atomic mass is 10.1. The molecular weight excluding hydrogens is 248 g/mol. The van der Waals surface area contributed by atoms with Crippen LogP contribution in [0.5, 0.6) is 0 Å². The SMILES string of the molecule is C[C@H](O)[C@H](N)C(=O)N[C@H](Cc1ccccc1)C(=O)O. The smallest absolute Gasteiger partial charge is 0.326 e. The topological polar surface area (TPSA) is 113 Å². The predicted octanol–water partition coefficient (Wildman–Crippen LogP) is -0.493. The largest absolute Gasteiger partial charge is 0.480 e. The monoisotopic (exact) mass is 266 g/mol. The maximum atomic E-state index is 11.6. The van der Waals surface area contributed by atoms with Gasteiger partial charge in [-0.3, -0.25) is 4.79 Å². The molecule has 0 aliphatic rings. The molecule has 19 heavy (non-hydrogen) atoms. The number of benzene rings is 1. The molecule has 6 nitrogen and oxygen atoms in total. The molecular formula is C13H18N2O4. The Kier molecular flexibility index (Phi) is 5.47. The molecule has 1 aromatic carbocycles. The van der Waals surface area contributed by atoms with Crippen LogP contribution in [-0.4, -0.2) is 40.3 Å². The fraction of sp³-hybridized carbons (Fsp3) is 0.385. The first-order chi connectivity index (χ1) is 8.91. The minimum Gasteiger partial charge on any atom is -0.480 e. The zero-order chi connectivity index (χ0) is 14.4. The van der Waals surface area contributed by atoms with Gasteiger partial charge in [-0.1, -0.05) is 30.3 Å². The number of carboxylic acid groups (broad SMARTS) is 1. The summed E-state index contributed by atoms with van der Waals surface area (Å²) in [6, 6.07) is 6.74. The average molecular weight is 266 g/mol. The molecule has 0 aliphatic heterocycles. The molecule has 1 amide bonds. The van der Waals surface area contributed by atoms with Gasteiger partial charge in [0.05, 0.1) is 6.10 Å². The van der Waals surface area contributed by atoms with E-state index in [0.717, 1.165) is 5.56 Å². The van der Waals surface area contributed by atoms with E-state index in [1.54, 1.807) is 24.3 Å². The van der Waals surface area contributed by atoms with E-state index in [1.165, 1.54) is 6.92 Å². The van der Waals surface area contributed by atoms with Crippen LogP contribution in [0.4, 0.5) is 0 Å². The number of carbonyl (C=O) groups is 2. The van der Waals surface area contributed by atoms with Crippen LogP contribution < -0.4 is 11.1 Å². The van der Waals surface area contributed by atoms with Crippen molar-refractivity contribution in [3.8, 4) is 0 Å². The van der Waals surface area contributed by atoms with Crippen LogP contribution in [0.3, 0.4) is 0 Å². The fourth-order valence-electron chi connectivity index (χ4n) is 1.54. The number of hydrogen-bond donors (Lipinski definition) is 4. The first kappa shape index (κ1) is 15.1. The van der Waals surface area contributed by atoms with Crippen molar-refractivity contribution in [2.45, 2.75) is 31.5 Å². The van der Waals surface area contributed by atoms with Gasteiger partial charge in [0.15, 0.2) is 0 Å². The van der Waals surface area contributed by atoms with Crippen molar-refractivity contribution in [2.24, 2.45) is 5.73 Å². The molecule has 0 aliphatic carbocycles. The van der Waals surface area contributed by atoms with E-state index in [0.29, 0.717) is 0 Å². The number of rotatable bonds is 6. The van der Waals surface area contributed by atoms with Crippen LogP contribution in [0.1, 0.15) is 12.5 Å². The lowest BCUT2D eigenvalue weighted by Crippen LogP contribution is -2.52. The Balaban J connectivity index is 2.69. The quantitative estimate of drug-likeness (QED) is 0.555. The second kappa shape index (κ2) is 6.86. The number of carboxylic acids is 1. The third-order valence-electron chi connectivity index (χ3n) is 2.72. The summed E-state index contributed by atoms with van der Waals surface area (Å²) < 4.78 is 0. The third-order valence-corrected chi connectivity index (χ3v) is 2.72. The van der Waals surface area contributed by atoms with Crippen LogP contribution in [0, 0.1) is 0 Å². The van der Waals surface area contributed by atoms with Gasteiger partial charge in [-0.15, -0.1) is 0 Å². The van der Waals surface area contributed by atoms with Crippen LogP contribution in [0.2, 0.25) is 0 Å². The van der Waals surface area contributed by atoms with Crippen molar-refractivity contribution >= 4 is 11.9 Å². The van der Waals surface area contributed by atoms with Gasteiger partial charge < -0.3 is 21.3 Å². The van der Waals surface area contributed by atoms with E-state index in [9.17, 15) is 14.7 Å². The highest BCUT2D eigenvalue weighted by molar-refractivity contribution is 5.87. The Hall–Kier alpha value is -1.92. The second-order valence-corrected chi connectivity index (χ2v) is 4.36. The molecule has 0 fully saturated rings. The molecule has 1 rings (SSSR count). The number of nitrogens with two attached hydrogens (primary N) is 1. The number of amides is 1. The van der Waals surface area contributed by atoms with Crippen molar-refractivity contribution in [1.82, 2.24) is 5.32 Å². The summed E-state index contributed by atoms with van der Waals surface area (Å²) in [4.78, 5) is 22.7. The molecule has 1 aromatic rings. The molecule has 0 bridgehead atoms. The molecule has 0 saturated carbocycles. The van der Waals surface area contributed by atoms with Gasteiger partial charge in [0, 0.05) is 6.42 Å². The van der Waals surface area contributed by atoms with Gasteiger partial charge >= 0.3 is 5.97 Å². The highest BCUT2D eigenvalue weighted by atomic mass is 16.4. The third kappa shape index (κ3) is 4.69. The van der Waals surface area contributed by atoms with Crippen molar-refractivity contribution < 1.29 is 19.8 Å². The van der Waals surface area contributed by atoms with Gasteiger partial charge in [0.2, 0.25) is 5.91 Å². The molecule has 0 radical (unpaired) electrons. The van der Waals surface area contributed by atoms with E-state index < -0.39 is 30.1 Å². The minimum absolute atomic E-state index is 0.161. The van der Waals surface area contributed by atoms with E-state index in [2.05, 4.69) is 5.32 Å². The normalized spacial score (nSPS) is 15.3. The second-order valence-electron chi connectivity index (χ2n) is 4.36. The molecule has 0 heterocycles. The van der Waals surface area contributed by atoms with Gasteiger partial charge in [-0.25, -0.2) is 4.79 Å². The lowest BCUT2D eigenvalue weighted by Gasteiger charge is -2.19. The molecule has 0 saturated heterocycles. The Labute approximate surface area is 111 Å². The van der Waals surface area contributed by atoms with Crippen LogP contribution in [0.15, 0.2) is 30.3 Å². The van der Waals surface area contributed by atoms with Gasteiger partial charge in [0.1, 0.15) is 12.1 Å². The standard InChI is InChI=1S/C13H18N2O4/c1-8(16)11(14)12(17)15-10(13(18)19)7-9-5-3-2-4-6-9/h2-6,8,10-11,16H,7,14H2,1H3,(H,15,17)(H,18,19)/t8-,10+,11-/m0/s1. The zero-order valence-electron chi connectivity index (χ0n) is 10.6. The molecule has 5 N–H and O–H groups in total. The summed E-state index contributed by atoms with van der Waals surface area (Å²) in [5.74, 6) is -1.83. The Morgan fingerprint density at radius 1 is 1.32 bits per heavy atom. The van der Waals surface area contributed by atoms with Crippen molar-refractivity contribution in [3.05, 3.63) is 35.9 Å². The summed E-state index contributed by atoms with van der Waals surface area (Å²) in [6.07, 6.45) is -0.875. The summed E-state index contributed by atoms with van der Waals surface area (Å²) in [7, 11) is 0. The van der Waals surface area contributed by atoms with E-state index in [1.807, 2.05) is 6.07 Å². The number of aliphatic hydroxyl groups excluding tert-OH is 1. The van der Waals surface area contributed by atoms with Crippen molar-refractivity contribution in [2.75, 3.05) is 0 Å². The van der Waals surface area contributed by atoms with Crippen LogP contribution >= 0.6 is 0 Å². The predicted molar refractivity (Wildman–Crippen MR) is 69.4 cm³/mol. The first-order valence-corrected chi connectivity index (χ1v) is 5.92. The molecule has 3 atom stereocenters. The van der Waals surface area contributed by atoms with Crippen molar-refractivity contribution in [3.63, 3.8) is 0 Å². The number of carbonyl (C=O) groups excluding carboxylic acids is 1. The maximum absolute atomic E-state index is 11.6. The number of nitrogens with one attached hydrogen (secondary N) is 1. The number of hydrogen-bond acceptors (Lipinski definition) is 4. The molecule has 0 unspecified atom stereocenters. The van der Waals surface area contributed by atoms with Gasteiger partial charge in [-0.2, -0.15) is 0 Å². The molecule has 0 spiro atoms. The van der Waals surface area contributed by atoms with E-state index in [-0.39, 0.29) is 6.42 Å². The highest BCUT2D eigenvalue weighted by Gasteiger charge is 2.25. The summed E-state index contributed by atoms with van der Waals surface area (Å²) in [5.41, 5.74) is 6.24. The molecule has 0 aromatic heterocycles. The summed E-state index contributed by atoms with van der Waals surface area (Å²) >= 11 is 0.